The van der Waals surface area contributed by atoms with Gasteiger partial charge < -0.3 is 0 Å². The van der Waals surface area contributed by atoms with Crippen LogP contribution in [0.1, 0.15) is 28.8 Å². The Morgan fingerprint density at radius 1 is 1.05 bits per heavy atom. The molecule has 2 aromatic rings. The lowest BCUT2D eigenvalue weighted by Gasteiger charge is -2.04. The van der Waals surface area contributed by atoms with Crippen molar-refractivity contribution in [3.05, 3.63) is 77.9 Å². The Hall–Kier alpha value is -2.48. The maximum Gasteiger partial charge on any atom is 0.206 e. The molecule has 0 saturated carbocycles. The third-order valence-electron chi connectivity index (χ3n) is 3.90. The molecular weight excluding hydrogens is 270 g/mol. The Balaban J connectivity index is 1.54. The molecule has 2 nitrogen and oxygen atoms in total. The van der Waals surface area contributed by atoms with Crippen LogP contribution in [0.15, 0.2) is 71.7 Å². The average Bonchev–Trinajstić information content (AvgIpc) is 3.05. The Morgan fingerprint density at radius 2 is 1.73 bits per heavy atom. The van der Waals surface area contributed by atoms with Crippen LogP contribution in [0.5, 0.6) is 0 Å². The summed E-state index contributed by atoms with van der Waals surface area (Å²) in [7, 11) is 0. The summed E-state index contributed by atoms with van der Waals surface area (Å²) in [4.78, 5) is 16.8. The Bertz CT molecular complexity index is 686. The zero-order chi connectivity index (χ0) is 15.2. The Morgan fingerprint density at radius 3 is 2.45 bits per heavy atom. The SMILES string of the molecule is O=C(C1=NC[C@H](C/C=C\c2ccccc2)C1)c1ccccc1. The summed E-state index contributed by atoms with van der Waals surface area (Å²) in [6.45, 7) is 0.757. The summed E-state index contributed by atoms with van der Waals surface area (Å²) < 4.78 is 0. The number of Topliss-reactive ketones (excluding diaryl/α,β-unsaturated/α-hetero) is 1. The van der Waals surface area contributed by atoms with E-state index in [1.165, 1.54) is 5.56 Å². The van der Waals surface area contributed by atoms with E-state index in [-0.39, 0.29) is 5.78 Å². The van der Waals surface area contributed by atoms with Crippen LogP contribution in [0, 0.1) is 5.92 Å². The van der Waals surface area contributed by atoms with E-state index in [1.807, 2.05) is 48.5 Å². The van der Waals surface area contributed by atoms with Crippen molar-refractivity contribution in [3.8, 4) is 0 Å². The summed E-state index contributed by atoms with van der Waals surface area (Å²) in [5, 5.41) is 0. The van der Waals surface area contributed by atoms with Gasteiger partial charge in [0.2, 0.25) is 5.78 Å². The van der Waals surface area contributed by atoms with Crippen LogP contribution in [-0.4, -0.2) is 18.0 Å². The van der Waals surface area contributed by atoms with Crippen molar-refractivity contribution in [2.45, 2.75) is 12.8 Å². The number of hydrogen-bond donors (Lipinski definition) is 0. The highest BCUT2D eigenvalue weighted by Gasteiger charge is 2.23. The molecule has 1 atom stereocenters. The van der Waals surface area contributed by atoms with Crippen molar-refractivity contribution in [2.75, 3.05) is 6.54 Å². The summed E-state index contributed by atoms with van der Waals surface area (Å²) >= 11 is 0. The lowest BCUT2D eigenvalue weighted by Crippen LogP contribution is -2.13. The molecular formula is C20H19NO. The van der Waals surface area contributed by atoms with Crippen LogP contribution in [0.2, 0.25) is 0 Å². The fraction of sp³-hybridized carbons (Fsp3) is 0.200. The van der Waals surface area contributed by atoms with E-state index in [1.54, 1.807) is 0 Å². The van der Waals surface area contributed by atoms with Crippen LogP contribution in [0.25, 0.3) is 6.08 Å². The summed E-state index contributed by atoms with van der Waals surface area (Å²) in [6.07, 6.45) is 6.07. The van der Waals surface area contributed by atoms with Crippen molar-refractivity contribution >= 4 is 17.6 Å². The average molecular weight is 289 g/mol. The third kappa shape index (κ3) is 3.59. The predicted molar refractivity (Wildman–Crippen MR) is 91.3 cm³/mol. The topological polar surface area (TPSA) is 29.4 Å². The number of rotatable bonds is 5. The molecule has 0 aliphatic carbocycles. The number of carbonyl (C=O) groups is 1. The van der Waals surface area contributed by atoms with Gasteiger partial charge in [-0.2, -0.15) is 0 Å². The number of allylic oxidation sites excluding steroid dienone is 1. The first kappa shape index (κ1) is 14.5. The second-order valence-electron chi connectivity index (χ2n) is 5.60. The molecule has 0 bridgehead atoms. The number of nitrogens with zero attached hydrogens (tertiary/aromatic N) is 1. The molecule has 0 N–H and O–H groups in total. The van der Waals surface area contributed by atoms with Crippen LogP contribution >= 0.6 is 0 Å². The van der Waals surface area contributed by atoms with Crippen molar-refractivity contribution in [1.82, 2.24) is 0 Å². The molecule has 2 aromatic carbocycles. The first-order valence-electron chi connectivity index (χ1n) is 7.67. The lowest BCUT2D eigenvalue weighted by atomic mass is 9.97. The molecule has 0 radical (unpaired) electrons. The number of hydrogen-bond acceptors (Lipinski definition) is 2. The van der Waals surface area contributed by atoms with Gasteiger partial charge in [0.25, 0.3) is 0 Å². The quantitative estimate of drug-likeness (QED) is 0.748. The Kier molecular flexibility index (Phi) is 4.59. The van der Waals surface area contributed by atoms with Gasteiger partial charge in [-0.1, -0.05) is 72.8 Å². The Labute approximate surface area is 131 Å². The first-order chi connectivity index (χ1) is 10.8. The van der Waals surface area contributed by atoms with Gasteiger partial charge in [-0.15, -0.1) is 0 Å². The van der Waals surface area contributed by atoms with Crippen molar-refractivity contribution in [1.29, 1.82) is 0 Å². The van der Waals surface area contributed by atoms with Crippen molar-refractivity contribution in [3.63, 3.8) is 0 Å². The van der Waals surface area contributed by atoms with E-state index < -0.39 is 0 Å². The van der Waals surface area contributed by atoms with Crippen LogP contribution in [0.4, 0.5) is 0 Å². The minimum atomic E-state index is 0.0788. The highest BCUT2D eigenvalue weighted by molar-refractivity contribution is 6.46. The second-order valence-corrected chi connectivity index (χ2v) is 5.60. The van der Waals surface area contributed by atoms with E-state index in [0.717, 1.165) is 30.7 Å². The molecule has 1 aliphatic heterocycles. The number of aliphatic imine (C=N–C) groups is 1. The highest BCUT2D eigenvalue weighted by atomic mass is 16.1. The van der Waals surface area contributed by atoms with Gasteiger partial charge in [-0.05, 0) is 24.3 Å². The van der Waals surface area contributed by atoms with E-state index in [0.29, 0.717) is 5.92 Å². The summed E-state index contributed by atoms with van der Waals surface area (Å²) in [6, 6.07) is 19.7. The molecule has 0 unspecified atom stereocenters. The standard InChI is InChI=1S/C20H19NO/c22-20(18-12-5-2-6-13-18)19-14-17(15-21-19)11-7-10-16-8-3-1-4-9-16/h1-10,12-13,17H,11,14-15H2/b10-7-/t17-/m1/s1. The number of benzene rings is 2. The maximum absolute atomic E-state index is 12.3. The monoisotopic (exact) mass is 289 g/mol. The van der Waals surface area contributed by atoms with Crippen LogP contribution in [-0.2, 0) is 0 Å². The zero-order valence-electron chi connectivity index (χ0n) is 12.5. The van der Waals surface area contributed by atoms with E-state index in [2.05, 4.69) is 29.3 Å². The van der Waals surface area contributed by atoms with Gasteiger partial charge in [0.1, 0.15) is 0 Å². The molecule has 0 amide bonds. The molecule has 110 valence electrons. The van der Waals surface area contributed by atoms with Crippen LogP contribution in [0.3, 0.4) is 0 Å². The van der Waals surface area contributed by atoms with Gasteiger partial charge in [0, 0.05) is 12.1 Å². The van der Waals surface area contributed by atoms with E-state index in [4.69, 9.17) is 0 Å². The molecule has 1 aliphatic rings. The van der Waals surface area contributed by atoms with Gasteiger partial charge in [0.15, 0.2) is 0 Å². The molecule has 3 rings (SSSR count). The van der Waals surface area contributed by atoms with Gasteiger partial charge in [-0.25, -0.2) is 0 Å². The zero-order valence-corrected chi connectivity index (χ0v) is 12.5. The summed E-state index contributed by atoms with van der Waals surface area (Å²) in [5.74, 6) is 0.526. The molecule has 22 heavy (non-hydrogen) atoms. The number of ketones is 1. The van der Waals surface area contributed by atoms with Crippen molar-refractivity contribution < 1.29 is 4.79 Å². The maximum atomic E-state index is 12.3. The molecule has 2 heteroatoms. The van der Waals surface area contributed by atoms with Gasteiger partial charge in [0.05, 0.1) is 5.71 Å². The normalized spacial score (nSPS) is 17.6. The van der Waals surface area contributed by atoms with E-state index in [9.17, 15) is 4.79 Å². The third-order valence-corrected chi connectivity index (χ3v) is 3.90. The van der Waals surface area contributed by atoms with Crippen LogP contribution < -0.4 is 0 Å². The molecule has 0 aromatic heterocycles. The smallest absolute Gasteiger partial charge is 0.206 e. The molecule has 0 spiro atoms. The first-order valence-corrected chi connectivity index (χ1v) is 7.67. The van der Waals surface area contributed by atoms with Crippen molar-refractivity contribution in [2.24, 2.45) is 10.9 Å². The van der Waals surface area contributed by atoms with Gasteiger partial charge >= 0.3 is 0 Å². The predicted octanol–water partition coefficient (Wildman–Crippen LogP) is 4.43. The fourth-order valence-corrected chi connectivity index (χ4v) is 2.68. The molecule has 0 saturated heterocycles. The minimum absolute atomic E-state index is 0.0788. The lowest BCUT2D eigenvalue weighted by molar-refractivity contribution is 0.106. The van der Waals surface area contributed by atoms with E-state index >= 15 is 0 Å². The minimum Gasteiger partial charge on any atom is -0.287 e. The number of carbonyl (C=O) groups excluding carboxylic acids is 1. The summed E-state index contributed by atoms with van der Waals surface area (Å²) in [5.41, 5.74) is 2.67. The fourth-order valence-electron chi connectivity index (χ4n) is 2.68. The largest absolute Gasteiger partial charge is 0.287 e. The highest BCUT2D eigenvalue weighted by Crippen LogP contribution is 2.20. The van der Waals surface area contributed by atoms with Gasteiger partial charge in [-0.3, -0.25) is 9.79 Å². The molecule has 1 heterocycles. The second kappa shape index (κ2) is 6.99. The molecule has 0 fully saturated rings.